The fraction of sp³-hybridized carbons (Fsp3) is 0. The number of nitrogens with zero attached hydrogens (tertiary/aromatic N) is 3. The van der Waals surface area contributed by atoms with Gasteiger partial charge in [0.15, 0.2) is 5.69 Å². The molecule has 0 spiro atoms. The van der Waals surface area contributed by atoms with E-state index in [4.69, 9.17) is 16.2 Å². The smallest absolute Gasteiger partial charge is 0.357 e. The standard InChI is InChI=1S/C13H12FN7O5S2/c14-7-3-6(1-2-8(7)19-9(22)4-18-20-13(15)16)21(28(25)26)11-10(12(23)24)17-5-27-11/h1-5,28H,(H,19,22)(H,23,24)(H4,15,16,20)/b18-4+. The number of hydrazone groups is 1. The number of benzene rings is 1. The van der Waals surface area contributed by atoms with Crippen LogP contribution < -0.4 is 20.8 Å². The van der Waals surface area contributed by atoms with Gasteiger partial charge in [-0.2, -0.15) is 5.10 Å². The van der Waals surface area contributed by atoms with Crippen molar-refractivity contribution in [3.05, 3.63) is 35.2 Å². The van der Waals surface area contributed by atoms with Gasteiger partial charge in [-0.1, -0.05) is 0 Å². The van der Waals surface area contributed by atoms with Crippen LogP contribution in [0.5, 0.6) is 0 Å². The van der Waals surface area contributed by atoms with Crippen LogP contribution >= 0.6 is 11.3 Å². The van der Waals surface area contributed by atoms with Crippen molar-refractivity contribution in [2.75, 3.05) is 9.62 Å². The van der Waals surface area contributed by atoms with Gasteiger partial charge in [-0.3, -0.25) is 10.2 Å². The van der Waals surface area contributed by atoms with Crippen molar-refractivity contribution in [3.8, 4) is 0 Å². The Hall–Kier alpha value is -3.59. The van der Waals surface area contributed by atoms with Crippen LogP contribution in [-0.4, -0.2) is 42.6 Å². The van der Waals surface area contributed by atoms with E-state index >= 15 is 0 Å². The monoisotopic (exact) mass is 429 g/mol. The molecule has 1 amide bonds. The van der Waals surface area contributed by atoms with Crippen LogP contribution in [0.4, 0.5) is 20.8 Å². The summed E-state index contributed by atoms with van der Waals surface area (Å²) >= 11 is 0.747. The van der Waals surface area contributed by atoms with Crippen LogP contribution in [0.15, 0.2) is 28.8 Å². The highest BCUT2D eigenvalue weighted by atomic mass is 32.2. The summed E-state index contributed by atoms with van der Waals surface area (Å²) in [7, 11) is -3.36. The van der Waals surface area contributed by atoms with Gasteiger partial charge in [0, 0.05) is 6.07 Å². The van der Waals surface area contributed by atoms with Gasteiger partial charge < -0.3 is 16.2 Å². The van der Waals surface area contributed by atoms with E-state index in [9.17, 15) is 22.4 Å². The lowest BCUT2D eigenvalue weighted by atomic mass is 10.2. The Bertz CT molecular complexity index is 1030. The number of hydrogen-bond acceptors (Lipinski definition) is 8. The molecule has 0 saturated heterocycles. The summed E-state index contributed by atoms with van der Waals surface area (Å²) in [5.74, 6) is -3.78. The molecule has 6 N–H and O–H groups in total. The second-order valence-electron chi connectivity index (χ2n) is 4.80. The highest BCUT2D eigenvalue weighted by Crippen LogP contribution is 2.33. The van der Waals surface area contributed by atoms with Gasteiger partial charge in [0.1, 0.15) is 17.0 Å². The number of hydrogen-bond donors (Lipinski definition) is 6. The Labute approximate surface area is 162 Å². The molecule has 1 aromatic heterocycles. The number of thiazole rings is 1. The number of guanidine groups is 1. The SMILES string of the molecule is N=C(N)N/N=C/C(=O)Nc1ccc(N(c2scnc2C(=O)O)[SH](=O)=O)cc1F. The number of carbonyl (C=O) groups is 2. The minimum atomic E-state index is -3.36. The van der Waals surface area contributed by atoms with E-state index in [-0.39, 0.29) is 16.4 Å². The summed E-state index contributed by atoms with van der Waals surface area (Å²) in [6.07, 6.45) is 0.714. The highest BCUT2D eigenvalue weighted by molar-refractivity contribution is 7.74. The predicted octanol–water partition coefficient (Wildman–Crippen LogP) is 0.0523. The predicted molar refractivity (Wildman–Crippen MR) is 100 cm³/mol. The van der Waals surface area contributed by atoms with Gasteiger partial charge in [-0.25, -0.2) is 32.3 Å². The second kappa shape index (κ2) is 8.87. The number of thiol groups is 1. The minimum absolute atomic E-state index is 0.190. The number of aromatic carboxylic acids is 1. The number of nitrogens with two attached hydrogens (primary N) is 1. The van der Waals surface area contributed by atoms with E-state index in [1.165, 1.54) is 6.07 Å². The van der Waals surface area contributed by atoms with Crippen LogP contribution in [0.25, 0.3) is 0 Å². The molecule has 0 unspecified atom stereocenters. The Kier molecular flexibility index (Phi) is 6.56. The molecule has 1 heterocycles. The van der Waals surface area contributed by atoms with Crippen molar-refractivity contribution in [1.29, 1.82) is 5.41 Å². The maximum Gasteiger partial charge on any atom is 0.357 e. The molecular weight excluding hydrogens is 417 g/mol. The van der Waals surface area contributed by atoms with Gasteiger partial charge >= 0.3 is 5.97 Å². The third-order valence-corrected chi connectivity index (χ3v) is 4.63. The van der Waals surface area contributed by atoms with Crippen LogP contribution in [0.1, 0.15) is 10.5 Å². The molecule has 28 heavy (non-hydrogen) atoms. The van der Waals surface area contributed by atoms with Gasteiger partial charge in [0.2, 0.25) is 16.8 Å². The Balaban J connectivity index is 2.29. The molecule has 2 rings (SSSR count). The number of aromatic nitrogens is 1. The average molecular weight is 429 g/mol. The molecule has 12 nitrogen and oxygen atoms in total. The van der Waals surface area contributed by atoms with Crippen molar-refractivity contribution in [3.63, 3.8) is 0 Å². The summed E-state index contributed by atoms with van der Waals surface area (Å²) in [6, 6.07) is 3.05. The van der Waals surface area contributed by atoms with E-state index in [1.807, 2.05) is 5.43 Å². The zero-order valence-corrected chi connectivity index (χ0v) is 15.3. The maximum absolute atomic E-state index is 14.3. The van der Waals surface area contributed by atoms with Crippen molar-refractivity contribution >= 4 is 62.7 Å². The molecule has 0 radical (unpaired) electrons. The van der Waals surface area contributed by atoms with Crippen molar-refractivity contribution < 1.29 is 27.5 Å². The third-order valence-electron chi connectivity index (χ3n) is 2.93. The lowest BCUT2D eigenvalue weighted by molar-refractivity contribution is -0.110. The molecular formula is C13H12FN7O5S2. The molecule has 15 heteroatoms. The van der Waals surface area contributed by atoms with Crippen LogP contribution in [0.2, 0.25) is 0 Å². The van der Waals surface area contributed by atoms with Crippen LogP contribution in [-0.2, 0) is 15.7 Å². The number of carboxylic acids is 1. The summed E-state index contributed by atoms with van der Waals surface area (Å²) < 4.78 is 38.2. The molecule has 2 aromatic rings. The summed E-state index contributed by atoms with van der Waals surface area (Å²) in [5.41, 5.74) is 7.12. The van der Waals surface area contributed by atoms with Crippen molar-refractivity contribution in [2.24, 2.45) is 10.8 Å². The van der Waals surface area contributed by atoms with Gasteiger partial charge in [-0.05, 0) is 12.1 Å². The summed E-state index contributed by atoms with van der Waals surface area (Å²) in [4.78, 5) is 26.4. The van der Waals surface area contributed by atoms with Crippen molar-refractivity contribution in [2.45, 2.75) is 0 Å². The molecule has 0 atom stereocenters. The van der Waals surface area contributed by atoms with E-state index in [1.54, 1.807) is 0 Å². The first-order chi connectivity index (χ1) is 13.2. The fourth-order valence-corrected chi connectivity index (χ4v) is 3.50. The first kappa shape index (κ1) is 20.7. The minimum Gasteiger partial charge on any atom is -0.476 e. The number of amides is 1. The van der Waals surface area contributed by atoms with E-state index in [0.29, 0.717) is 10.5 Å². The zero-order valence-electron chi connectivity index (χ0n) is 13.6. The maximum atomic E-state index is 14.3. The summed E-state index contributed by atoms with van der Waals surface area (Å²) in [5, 5.41) is 21.2. The fourth-order valence-electron chi connectivity index (χ4n) is 1.89. The van der Waals surface area contributed by atoms with Gasteiger partial charge in [0.05, 0.1) is 16.9 Å². The van der Waals surface area contributed by atoms with E-state index in [2.05, 4.69) is 15.4 Å². The van der Waals surface area contributed by atoms with Gasteiger partial charge in [0.25, 0.3) is 5.91 Å². The second-order valence-corrected chi connectivity index (χ2v) is 6.51. The lowest BCUT2D eigenvalue weighted by Crippen LogP contribution is -2.26. The Morgan fingerprint density at radius 3 is 2.71 bits per heavy atom. The normalized spacial score (nSPS) is 10.8. The number of carboxylic acid groups (broad SMARTS) is 1. The Morgan fingerprint density at radius 1 is 1.43 bits per heavy atom. The first-order valence-electron chi connectivity index (χ1n) is 7.05. The number of anilines is 3. The van der Waals surface area contributed by atoms with E-state index in [0.717, 1.165) is 29.0 Å². The molecule has 0 aliphatic rings. The molecule has 0 aliphatic carbocycles. The quantitative estimate of drug-likeness (QED) is 0.154. The van der Waals surface area contributed by atoms with Crippen LogP contribution in [0, 0.1) is 11.2 Å². The number of halogens is 1. The third kappa shape index (κ3) is 4.98. The van der Waals surface area contributed by atoms with Crippen molar-refractivity contribution in [1.82, 2.24) is 10.4 Å². The Morgan fingerprint density at radius 2 is 2.14 bits per heavy atom. The highest BCUT2D eigenvalue weighted by Gasteiger charge is 2.23. The summed E-state index contributed by atoms with van der Waals surface area (Å²) in [6.45, 7) is 0. The molecule has 0 fully saturated rings. The molecule has 0 saturated carbocycles. The largest absolute Gasteiger partial charge is 0.476 e. The number of nitrogens with one attached hydrogen (secondary N) is 3. The number of carbonyl (C=O) groups excluding carboxylic acids is 1. The van der Waals surface area contributed by atoms with Crippen LogP contribution in [0.3, 0.4) is 0 Å². The van der Waals surface area contributed by atoms with E-state index < -0.39 is 40.2 Å². The molecule has 1 aromatic carbocycles. The molecule has 0 aliphatic heterocycles. The number of rotatable bonds is 7. The lowest BCUT2D eigenvalue weighted by Gasteiger charge is -2.17. The van der Waals surface area contributed by atoms with Gasteiger partial charge in [-0.15, -0.1) is 11.3 Å². The molecule has 148 valence electrons. The first-order valence-corrected chi connectivity index (χ1v) is 9.06. The topological polar surface area (TPSA) is 191 Å². The average Bonchev–Trinajstić information content (AvgIpc) is 3.06. The molecule has 0 bridgehead atoms. The zero-order chi connectivity index (χ0) is 20.8.